The second kappa shape index (κ2) is 24.0. The number of unbranched alkanes of at least 4 members (excludes halogenated alkanes) is 3. The Hall–Kier alpha value is -3.30. The first-order valence-electron chi connectivity index (χ1n) is 19.1. The molecule has 0 bridgehead atoms. The molecule has 2 fully saturated rings. The van der Waals surface area contributed by atoms with Crippen molar-refractivity contribution in [2.24, 2.45) is 23.3 Å². The summed E-state index contributed by atoms with van der Waals surface area (Å²) in [4.78, 5) is 83.4. The molecule has 2 aliphatic rings. The Labute approximate surface area is 303 Å². The molecule has 15 nitrogen and oxygen atoms in total. The van der Waals surface area contributed by atoms with Crippen LogP contribution in [0.3, 0.4) is 0 Å². The number of nitrogens with zero attached hydrogens (tertiary/aromatic N) is 1. The van der Waals surface area contributed by atoms with Crippen LogP contribution in [-0.2, 0) is 38.2 Å². The van der Waals surface area contributed by atoms with Crippen LogP contribution in [0.1, 0.15) is 111 Å². The molecule has 0 aromatic rings. The Morgan fingerprint density at radius 3 is 2.10 bits per heavy atom. The Bertz CT molecular complexity index is 1120. The van der Waals surface area contributed by atoms with Crippen molar-refractivity contribution in [1.29, 1.82) is 0 Å². The topological polar surface area (TPSA) is 224 Å². The van der Waals surface area contributed by atoms with Gasteiger partial charge in [-0.3, -0.25) is 28.8 Å². The van der Waals surface area contributed by atoms with Crippen molar-refractivity contribution in [1.82, 2.24) is 26.2 Å². The van der Waals surface area contributed by atoms with Gasteiger partial charge in [0.25, 0.3) is 0 Å². The van der Waals surface area contributed by atoms with E-state index in [9.17, 15) is 28.8 Å². The second-order valence-corrected chi connectivity index (χ2v) is 14.0. The van der Waals surface area contributed by atoms with E-state index in [2.05, 4.69) is 28.2 Å². The third-order valence-electron chi connectivity index (χ3n) is 9.89. The van der Waals surface area contributed by atoms with Crippen molar-refractivity contribution >= 4 is 35.5 Å². The summed E-state index contributed by atoms with van der Waals surface area (Å²) in [6.45, 7) is 5.24. The van der Waals surface area contributed by atoms with Gasteiger partial charge in [-0.1, -0.05) is 72.1 Å². The number of ether oxygens (including phenoxy) is 2. The molecule has 1 saturated carbocycles. The molecule has 0 aromatic carbocycles. The predicted molar refractivity (Wildman–Crippen MR) is 193 cm³/mol. The number of nitrogens with one attached hydrogen (secondary N) is 4. The lowest BCUT2D eigenvalue weighted by Crippen LogP contribution is -2.61. The number of hydrogen-bond acceptors (Lipinski definition) is 10. The van der Waals surface area contributed by atoms with Crippen molar-refractivity contribution in [2.75, 3.05) is 39.9 Å². The number of likely N-dealkylation sites (N-methyl/N-ethyl adjacent to an activating group) is 1. The van der Waals surface area contributed by atoms with Gasteiger partial charge in [-0.15, -0.1) is 0 Å². The minimum atomic E-state index is -1.24. The van der Waals surface area contributed by atoms with Gasteiger partial charge in [-0.05, 0) is 51.0 Å². The fourth-order valence-electron chi connectivity index (χ4n) is 6.71. The zero-order chi connectivity index (χ0) is 37.8. The zero-order valence-electron chi connectivity index (χ0n) is 31.3. The highest BCUT2D eigenvalue weighted by Gasteiger charge is 2.38. The van der Waals surface area contributed by atoms with E-state index in [1.807, 2.05) is 6.92 Å². The van der Waals surface area contributed by atoms with E-state index >= 15 is 0 Å². The number of nitrogens with two attached hydrogens (primary N) is 2. The number of carbonyl (C=O) groups is 6. The maximum Gasteiger partial charge on any atom is 0.325 e. The highest BCUT2D eigenvalue weighted by atomic mass is 16.5. The summed E-state index contributed by atoms with van der Waals surface area (Å²) >= 11 is 0. The SMILES string of the molecule is CCCCCC[C@H]1OC(=O)CNC(=O)[C@H](COCCCN)NC(=O)[C@H](CN)NC(=O)[C@H](C2CCCCCC2)NC(=O)[C@H](CCC)N(C)C(=O)[C@@H]1C. The van der Waals surface area contributed by atoms with E-state index in [1.54, 1.807) is 14.0 Å². The van der Waals surface area contributed by atoms with E-state index < -0.39 is 72.3 Å². The van der Waals surface area contributed by atoms with Gasteiger partial charge < -0.3 is 47.1 Å². The molecule has 6 atom stereocenters. The summed E-state index contributed by atoms with van der Waals surface area (Å²) in [7, 11) is 1.56. The Balaban J connectivity index is 2.53. The smallest absolute Gasteiger partial charge is 0.325 e. The van der Waals surface area contributed by atoms with Gasteiger partial charge >= 0.3 is 5.97 Å². The highest BCUT2D eigenvalue weighted by molar-refractivity contribution is 5.96. The van der Waals surface area contributed by atoms with Crippen molar-refractivity contribution in [3.05, 3.63) is 0 Å². The molecule has 0 unspecified atom stereocenters. The molecule has 0 radical (unpaired) electrons. The molecule has 8 N–H and O–H groups in total. The first-order valence-corrected chi connectivity index (χ1v) is 19.1. The Morgan fingerprint density at radius 1 is 0.784 bits per heavy atom. The summed E-state index contributed by atoms with van der Waals surface area (Å²) < 4.78 is 11.4. The molecule has 1 aliphatic heterocycles. The Kier molecular flexibility index (Phi) is 20.7. The number of esters is 1. The maximum absolute atomic E-state index is 14.1. The lowest BCUT2D eigenvalue weighted by atomic mass is 9.90. The molecule has 5 amide bonds. The number of amides is 5. The van der Waals surface area contributed by atoms with Crippen LogP contribution < -0.4 is 32.7 Å². The quantitative estimate of drug-likeness (QED) is 0.0848. The van der Waals surface area contributed by atoms with Gasteiger partial charge in [0.05, 0.1) is 12.5 Å². The average molecular weight is 724 g/mol. The maximum atomic E-state index is 14.1. The minimum absolute atomic E-state index is 0.198. The number of rotatable bonds is 14. The van der Waals surface area contributed by atoms with Gasteiger partial charge in [-0.2, -0.15) is 0 Å². The summed E-state index contributed by atoms with van der Waals surface area (Å²) in [5, 5.41) is 10.8. The molecular formula is C36H65N7O8. The third-order valence-corrected chi connectivity index (χ3v) is 9.89. The highest BCUT2D eigenvalue weighted by Crippen LogP contribution is 2.27. The summed E-state index contributed by atoms with van der Waals surface area (Å²) in [6.07, 6.45) is 9.87. The molecule has 1 aliphatic carbocycles. The first kappa shape index (κ1) is 43.9. The summed E-state index contributed by atoms with van der Waals surface area (Å²) in [6, 6.07) is -4.34. The van der Waals surface area contributed by atoms with Gasteiger partial charge in [0, 0.05) is 20.2 Å². The summed E-state index contributed by atoms with van der Waals surface area (Å²) in [5.74, 6) is -4.59. The van der Waals surface area contributed by atoms with E-state index in [4.69, 9.17) is 20.9 Å². The minimum Gasteiger partial charge on any atom is -0.460 e. The molecular weight excluding hydrogens is 658 g/mol. The van der Waals surface area contributed by atoms with Crippen molar-refractivity contribution in [3.8, 4) is 0 Å². The molecule has 15 heteroatoms. The van der Waals surface area contributed by atoms with Crippen LogP contribution in [0.5, 0.6) is 0 Å². The van der Waals surface area contributed by atoms with Crippen LogP contribution in [0.4, 0.5) is 0 Å². The van der Waals surface area contributed by atoms with E-state index in [1.165, 1.54) is 4.90 Å². The second-order valence-electron chi connectivity index (χ2n) is 14.0. The van der Waals surface area contributed by atoms with E-state index in [0.29, 0.717) is 51.5 Å². The fourth-order valence-corrected chi connectivity index (χ4v) is 6.71. The van der Waals surface area contributed by atoms with Gasteiger partial charge in [0.15, 0.2) is 0 Å². The number of cyclic esters (lactones) is 1. The molecule has 51 heavy (non-hydrogen) atoms. The number of hydrogen-bond donors (Lipinski definition) is 6. The van der Waals surface area contributed by atoms with Crippen LogP contribution in [0, 0.1) is 11.8 Å². The van der Waals surface area contributed by atoms with Crippen LogP contribution in [0.25, 0.3) is 0 Å². The average Bonchev–Trinajstić information content (AvgIpc) is 3.41. The van der Waals surface area contributed by atoms with Gasteiger partial charge in [-0.25, -0.2) is 0 Å². The molecule has 1 heterocycles. The van der Waals surface area contributed by atoms with Gasteiger partial charge in [0.1, 0.15) is 36.8 Å². The van der Waals surface area contributed by atoms with Crippen LogP contribution >= 0.6 is 0 Å². The first-order chi connectivity index (χ1) is 24.5. The monoisotopic (exact) mass is 723 g/mol. The summed E-state index contributed by atoms with van der Waals surface area (Å²) in [5.41, 5.74) is 11.5. The Morgan fingerprint density at radius 2 is 1.47 bits per heavy atom. The van der Waals surface area contributed by atoms with Gasteiger partial charge in [0.2, 0.25) is 29.5 Å². The third kappa shape index (κ3) is 14.7. The molecule has 0 spiro atoms. The lowest BCUT2D eigenvalue weighted by Gasteiger charge is -2.34. The van der Waals surface area contributed by atoms with E-state index in [0.717, 1.165) is 44.9 Å². The number of carbonyl (C=O) groups excluding carboxylic acids is 6. The van der Waals surface area contributed by atoms with Crippen molar-refractivity contribution in [2.45, 2.75) is 141 Å². The van der Waals surface area contributed by atoms with Crippen molar-refractivity contribution < 1.29 is 38.2 Å². The molecule has 292 valence electrons. The lowest BCUT2D eigenvalue weighted by molar-refractivity contribution is -0.157. The van der Waals surface area contributed by atoms with E-state index in [-0.39, 0.29) is 31.6 Å². The fraction of sp³-hybridized carbons (Fsp3) is 0.833. The zero-order valence-corrected chi connectivity index (χ0v) is 31.3. The predicted octanol–water partition coefficient (Wildman–Crippen LogP) is 1.01. The largest absolute Gasteiger partial charge is 0.460 e. The van der Waals surface area contributed by atoms with Crippen LogP contribution in [0.15, 0.2) is 0 Å². The van der Waals surface area contributed by atoms with Crippen molar-refractivity contribution in [3.63, 3.8) is 0 Å². The standard InChI is InChI=1S/C36H65N7O8/c1-5-7-8-13-18-29-24(3)36(49)43(4)28(15-6-2)34(47)42-31(25-16-11-9-10-12-17-25)35(48)40-26(21-38)33(46)41-27(23-50-20-14-19-37)32(45)39-22-30(44)51-29/h24-29,31H,5-23,37-38H2,1-4H3,(H,39,45)(H,40,48)(H,41,46)(H,42,47)/t24-,26+,27+,28+,29-,31+/m1/s1. The normalized spacial score (nSPS) is 27.2. The molecule has 2 rings (SSSR count). The van der Waals surface area contributed by atoms with Crippen LogP contribution in [-0.4, -0.2) is 111 Å². The molecule has 0 aromatic heterocycles. The van der Waals surface area contributed by atoms with Crippen LogP contribution in [0.2, 0.25) is 0 Å². The molecule has 1 saturated heterocycles.